The summed E-state index contributed by atoms with van der Waals surface area (Å²) < 4.78 is 22.8. The normalized spacial score (nSPS) is 21.9. The summed E-state index contributed by atoms with van der Waals surface area (Å²) in [5.41, 5.74) is 0.350. The van der Waals surface area contributed by atoms with Gasteiger partial charge in [0.25, 0.3) is 0 Å². The first-order valence-corrected chi connectivity index (χ1v) is 11.3. The highest BCUT2D eigenvalue weighted by molar-refractivity contribution is 5.94. The molecule has 8 nitrogen and oxygen atoms in total. The molecule has 0 aliphatic carbocycles. The molecule has 2 aliphatic rings. The molecule has 0 amide bonds. The Morgan fingerprint density at radius 3 is 2.68 bits per heavy atom. The van der Waals surface area contributed by atoms with E-state index in [1.165, 1.54) is 19.2 Å². The van der Waals surface area contributed by atoms with E-state index in [1.54, 1.807) is 34.9 Å². The van der Waals surface area contributed by atoms with Crippen LogP contribution in [0.3, 0.4) is 0 Å². The van der Waals surface area contributed by atoms with Crippen LogP contribution in [0.2, 0.25) is 0 Å². The summed E-state index contributed by atoms with van der Waals surface area (Å²) in [4.78, 5) is 36.0. The molecule has 2 fully saturated rings. The summed E-state index contributed by atoms with van der Waals surface area (Å²) in [7, 11) is 0. The Hall–Kier alpha value is -3.56. The Morgan fingerprint density at radius 2 is 1.97 bits per heavy atom. The van der Waals surface area contributed by atoms with Crippen LogP contribution in [0.5, 0.6) is 5.75 Å². The fourth-order valence-electron chi connectivity index (χ4n) is 5.48. The van der Waals surface area contributed by atoms with Gasteiger partial charge in [0.15, 0.2) is 11.5 Å². The van der Waals surface area contributed by atoms with E-state index in [2.05, 4.69) is 5.32 Å². The first-order valence-electron chi connectivity index (χ1n) is 11.3. The molecule has 1 aromatic heterocycles. The molecule has 9 heteroatoms. The number of carboxylic acids is 1. The van der Waals surface area contributed by atoms with Crippen LogP contribution in [0.15, 0.2) is 47.4 Å². The molecule has 0 spiro atoms. The minimum absolute atomic E-state index is 0.00861. The summed E-state index contributed by atoms with van der Waals surface area (Å²) in [6, 6.07) is 9.64. The van der Waals surface area contributed by atoms with E-state index in [0.717, 1.165) is 39.0 Å². The maximum Gasteiger partial charge on any atom is 0.341 e. The molecule has 0 bridgehead atoms. The maximum atomic E-state index is 15.6. The standard InChI is InChI=1S/C25H24FN3O5/c1-15(30)34-18-6-4-16(5-7-18)28-14-20(25(32)33)24(31)19-11-21(26)23(12-22(19)28)29-9-2-3-17(29)13-27-8-10-29/h4-7,11-12,14,17,27H,2-3,8-10,13H2,1H3/p+1. The second-order valence-electron chi connectivity index (χ2n) is 8.94. The van der Waals surface area contributed by atoms with E-state index in [0.29, 0.717) is 27.1 Å². The van der Waals surface area contributed by atoms with Crippen LogP contribution < -0.4 is 20.0 Å². The third-order valence-corrected chi connectivity index (χ3v) is 7.02. The quantitative estimate of drug-likeness (QED) is 0.349. The van der Waals surface area contributed by atoms with Crippen LogP contribution in [0.25, 0.3) is 16.6 Å². The number of hydrogen-bond donors (Lipinski definition) is 2. The number of aromatic nitrogens is 1. The number of carboxylic acid groups (broad SMARTS) is 1. The number of fused-ring (bicyclic) bond motifs is 2. The summed E-state index contributed by atoms with van der Waals surface area (Å²) in [6.45, 7) is 4.45. The Labute approximate surface area is 194 Å². The first kappa shape index (κ1) is 22.2. The Morgan fingerprint density at radius 1 is 1.21 bits per heavy atom. The zero-order valence-electron chi connectivity index (χ0n) is 18.7. The molecule has 2 saturated heterocycles. The van der Waals surface area contributed by atoms with Gasteiger partial charge in [0.1, 0.15) is 17.4 Å². The van der Waals surface area contributed by atoms with Gasteiger partial charge in [-0.2, -0.15) is 0 Å². The molecule has 2 atom stereocenters. The molecule has 3 heterocycles. The summed E-state index contributed by atoms with van der Waals surface area (Å²) >= 11 is 0. The van der Waals surface area contributed by atoms with Gasteiger partial charge in [-0.3, -0.25) is 14.1 Å². The number of benzene rings is 2. The molecule has 2 aliphatic heterocycles. The lowest BCUT2D eigenvalue weighted by Crippen LogP contribution is -2.63. The number of nitrogens with zero attached hydrogens (tertiary/aromatic N) is 2. The Kier molecular flexibility index (Phi) is 5.45. The molecule has 0 radical (unpaired) electrons. The van der Waals surface area contributed by atoms with Gasteiger partial charge in [0.2, 0.25) is 5.43 Å². The number of carbonyl (C=O) groups is 2. The lowest BCUT2D eigenvalue weighted by atomic mass is 10.0. The minimum Gasteiger partial charge on any atom is -0.477 e. The smallest absolute Gasteiger partial charge is 0.341 e. The van der Waals surface area contributed by atoms with Crippen molar-refractivity contribution in [3.8, 4) is 11.4 Å². The average Bonchev–Trinajstić information content (AvgIpc) is 3.24. The van der Waals surface area contributed by atoms with Crippen molar-refractivity contribution in [3.05, 3.63) is 64.2 Å². The monoisotopic (exact) mass is 466 g/mol. The largest absolute Gasteiger partial charge is 0.477 e. The Balaban J connectivity index is 1.75. The number of ether oxygens (including phenoxy) is 1. The number of aromatic carboxylic acids is 1. The van der Waals surface area contributed by atoms with Gasteiger partial charge in [-0.1, -0.05) is 0 Å². The van der Waals surface area contributed by atoms with Crippen LogP contribution in [0, 0.1) is 5.82 Å². The van der Waals surface area contributed by atoms with Crippen LogP contribution in [0.1, 0.15) is 30.1 Å². The average molecular weight is 466 g/mol. The molecule has 2 N–H and O–H groups in total. The van der Waals surface area contributed by atoms with Crippen molar-refractivity contribution in [2.24, 2.45) is 0 Å². The lowest BCUT2D eigenvalue weighted by Gasteiger charge is -2.43. The Bertz CT molecular complexity index is 1370. The van der Waals surface area contributed by atoms with Gasteiger partial charge in [-0.05, 0) is 30.3 Å². The lowest BCUT2D eigenvalue weighted by molar-refractivity contribution is -0.131. The van der Waals surface area contributed by atoms with Gasteiger partial charge in [0.05, 0.1) is 24.0 Å². The van der Waals surface area contributed by atoms with Gasteiger partial charge in [-0.25, -0.2) is 9.18 Å². The molecule has 0 saturated carbocycles. The molecule has 3 aromatic rings. The molecule has 176 valence electrons. The van der Waals surface area contributed by atoms with Crippen LogP contribution in [0.4, 0.5) is 10.1 Å². The van der Waals surface area contributed by atoms with Crippen molar-refractivity contribution in [2.75, 3.05) is 26.2 Å². The number of carbonyl (C=O) groups excluding carboxylic acids is 1. The zero-order chi connectivity index (χ0) is 24.0. The number of pyridine rings is 1. The van der Waals surface area contributed by atoms with Crippen LogP contribution in [-0.4, -0.2) is 53.8 Å². The van der Waals surface area contributed by atoms with Crippen LogP contribution >= 0.6 is 0 Å². The number of nitrogens with one attached hydrogen (secondary N) is 1. The highest BCUT2D eigenvalue weighted by atomic mass is 19.1. The van der Waals surface area contributed by atoms with E-state index in [9.17, 15) is 19.5 Å². The molecule has 5 rings (SSSR count). The number of halogens is 1. The SMILES string of the molecule is CC(=O)Oc1ccc(-n2cc(C(=O)O)c(=O)c3cc(F)c([N+]45CCCC4CNCC5)cc32)cc1. The third kappa shape index (κ3) is 3.57. The third-order valence-electron chi connectivity index (χ3n) is 7.02. The van der Waals surface area contributed by atoms with Crippen molar-refractivity contribution in [1.29, 1.82) is 0 Å². The maximum absolute atomic E-state index is 15.6. The number of piperazine rings is 1. The summed E-state index contributed by atoms with van der Waals surface area (Å²) in [6.07, 6.45) is 3.26. The van der Waals surface area contributed by atoms with Crippen molar-refractivity contribution >= 4 is 28.5 Å². The van der Waals surface area contributed by atoms with Crippen molar-refractivity contribution in [1.82, 2.24) is 14.4 Å². The second-order valence-corrected chi connectivity index (χ2v) is 8.94. The van der Waals surface area contributed by atoms with Crippen molar-refractivity contribution in [3.63, 3.8) is 0 Å². The van der Waals surface area contributed by atoms with Gasteiger partial charge in [0, 0.05) is 50.8 Å². The fraction of sp³-hybridized carbons (Fsp3) is 0.320. The number of hydrogen-bond acceptors (Lipinski definition) is 5. The highest BCUT2D eigenvalue weighted by Gasteiger charge is 2.47. The zero-order valence-corrected chi connectivity index (χ0v) is 18.7. The molecule has 34 heavy (non-hydrogen) atoms. The fourth-order valence-corrected chi connectivity index (χ4v) is 5.48. The van der Waals surface area contributed by atoms with E-state index in [4.69, 9.17) is 4.74 Å². The van der Waals surface area contributed by atoms with E-state index >= 15 is 4.39 Å². The predicted octanol–water partition coefficient (Wildman–Crippen LogP) is 2.83. The van der Waals surface area contributed by atoms with E-state index in [1.807, 2.05) is 0 Å². The molecule has 2 aromatic carbocycles. The van der Waals surface area contributed by atoms with Gasteiger partial charge >= 0.3 is 11.9 Å². The summed E-state index contributed by atoms with van der Waals surface area (Å²) in [5, 5.41) is 13.0. The molecular weight excluding hydrogens is 441 g/mol. The minimum atomic E-state index is -1.38. The van der Waals surface area contributed by atoms with Crippen molar-refractivity contribution < 1.29 is 23.8 Å². The topological polar surface area (TPSA) is 97.6 Å². The highest BCUT2D eigenvalue weighted by Crippen LogP contribution is 2.39. The van der Waals surface area contributed by atoms with E-state index in [-0.39, 0.29) is 11.4 Å². The number of rotatable bonds is 4. The second kappa shape index (κ2) is 8.34. The number of quaternary nitrogens is 1. The van der Waals surface area contributed by atoms with Gasteiger partial charge in [-0.15, -0.1) is 0 Å². The molecule has 2 unspecified atom stereocenters. The summed E-state index contributed by atoms with van der Waals surface area (Å²) in [5.74, 6) is -1.99. The first-order chi connectivity index (χ1) is 16.3. The number of esters is 1. The van der Waals surface area contributed by atoms with Gasteiger partial charge < -0.3 is 19.7 Å². The molecular formula is C25H25FN3O5+. The van der Waals surface area contributed by atoms with Crippen molar-refractivity contribution in [2.45, 2.75) is 25.8 Å². The predicted molar refractivity (Wildman–Crippen MR) is 125 cm³/mol. The van der Waals surface area contributed by atoms with Crippen LogP contribution in [-0.2, 0) is 4.79 Å². The van der Waals surface area contributed by atoms with E-state index < -0.39 is 28.7 Å².